The third kappa shape index (κ3) is 4.03. The van der Waals surface area contributed by atoms with Gasteiger partial charge in [0.05, 0.1) is 18.2 Å². The number of hydrogen-bond acceptors (Lipinski definition) is 4. The third-order valence-electron chi connectivity index (χ3n) is 5.58. The van der Waals surface area contributed by atoms with E-state index in [1.165, 1.54) is 4.90 Å². The lowest BCUT2D eigenvalue weighted by Crippen LogP contribution is -2.41. The number of anilines is 2. The number of hydrogen-bond donors (Lipinski definition) is 0. The van der Waals surface area contributed by atoms with E-state index in [-0.39, 0.29) is 11.8 Å². The Morgan fingerprint density at radius 3 is 2.22 bits per heavy atom. The van der Waals surface area contributed by atoms with Crippen LogP contribution in [0.4, 0.5) is 11.4 Å². The Labute approximate surface area is 187 Å². The number of aryl methyl sites for hydroxylation is 1. The van der Waals surface area contributed by atoms with Crippen LogP contribution in [0.1, 0.15) is 33.5 Å². The highest BCUT2D eigenvalue weighted by molar-refractivity contribution is 6.43. The number of amides is 2. The number of rotatable bonds is 5. The molecule has 158 valence electrons. The molecule has 0 spiro atoms. The number of carbonyl (C=O) groups excluding carboxylic acids is 2. The van der Waals surface area contributed by atoms with E-state index in [0.717, 1.165) is 16.8 Å². The summed E-state index contributed by atoms with van der Waals surface area (Å²) >= 11 is 0. The molecule has 0 radical (unpaired) electrons. The van der Waals surface area contributed by atoms with E-state index in [1.807, 2.05) is 79.5 Å². The summed E-state index contributed by atoms with van der Waals surface area (Å²) in [6.45, 7) is 2.61. The Bertz CT molecular complexity index is 1240. The van der Waals surface area contributed by atoms with Crippen molar-refractivity contribution in [2.45, 2.75) is 13.3 Å². The first-order valence-electron chi connectivity index (χ1n) is 10.4. The van der Waals surface area contributed by atoms with Gasteiger partial charge in [-0.15, -0.1) is 0 Å². The number of nitriles is 1. The van der Waals surface area contributed by atoms with Gasteiger partial charge in [0.2, 0.25) is 0 Å². The zero-order valence-corrected chi connectivity index (χ0v) is 18.1. The van der Waals surface area contributed by atoms with Gasteiger partial charge < -0.3 is 4.90 Å². The van der Waals surface area contributed by atoms with Crippen molar-refractivity contribution >= 4 is 34.8 Å². The minimum Gasteiger partial charge on any atom is -0.374 e. The molecule has 3 aromatic rings. The molecule has 0 aliphatic carbocycles. The maximum absolute atomic E-state index is 13.5. The van der Waals surface area contributed by atoms with Crippen LogP contribution in [-0.4, -0.2) is 25.4 Å². The van der Waals surface area contributed by atoms with Crippen LogP contribution in [0.5, 0.6) is 0 Å². The van der Waals surface area contributed by atoms with Crippen molar-refractivity contribution in [1.29, 1.82) is 5.26 Å². The van der Waals surface area contributed by atoms with Crippen LogP contribution in [0.25, 0.3) is 11.6 Å². The summed E-state index contributed by atoms with van der Waals surface area (Å²) in [7, 11) is 1.94. The summed E-state index contributed by atoms with van der Waals surface area (Å²) in [4.78, 5) is 29.9. The second-order valence-corrected chi connectivity index (χ2v) is 7.81. The van der Waals surface area contributed by atoms with E-state index in [4.69, 9.17) is 5.26 Å². The van der Waals surface area contributed by atoms with Crippen LogP contribution in [0, 0.1) is 18.3 Å². The van der Waals surface area contributed by atoms with Gasteiger partial charge in [0.25, 0.3) is 11.8 Å². The van der Waals surface area contributed by atoms with E-state index in [9.17, 15) is 9.59 Å². The molecule has 3 aromatic carbocycles. The summed E-state index contributed by atoms with van der Waals surface area (Å²) in [5, 5.41) is 8.79. The summed E-state index contributed by atoms with van der Waals surface area (Å²) < 4.78 is 0. The highest BCUT2D eigenvalue weighted by Crippen LogP contribution is 2.33. The predicted octanol–water partition coefficient (Wildman–Crippen LogP) is 5.07. The second-order valence-electron chi connectivity index (χ2n) is 7.81. The zero-order chi connectivity index (χ0) is 22.7. The van der Waals surface area contributed by atoms with E-state index in [2.05, 4.69) is 6.07 Å². The molecule has 4 rings (SSSR count). The topological polar surface area (TPSA) is 64.4 Å². The van der Waals surface area contributed by atoms with Gasteiger partial charge in [-0.3, -0.25) is 9.59 Å². The van der Waals surface area contributed by atoms with Crippen LogP contribution in [0.15, 0.2) is 72.8 Å². The molecule has 0 atom stereocenters. The number of imide groups is 1. The molecule has 0 saturated heterocycles. The lowest BCUT2D eigenvalue weighted by Gasteiger charge is -2.28. The Balaban J connectivity index is 1.74. The van der Waals surface area contributed by atoms with Crippen LogP contribution in [0.2, 0.25) is 0 Å². The molecule has 32 heavy (non-hydrogen) atoms. The first-order chi connectivity index (χ1) is 15.5. The van der Waals surface area contributed by atoms with Crippen molar-refractivity contribution in [3.63, 3.8) is 0 Å². The van der Waals surface area contributed by atoms with E-state index in [1.54, 1.807) is 18.2 Å². The molecule has 0 saturated carbocycles. The SMILES string of the molecule is Cc1ccc(N2C(=O)/C(=C/c3ccc(N(C)CCC#N)cc3)c3ccccc3C2=O)cc1. The molecule has 2 amide bonds. The minimum absolute atomic E-state index is 0.318. The van der Waals surface area contributed by atoms with E-state index >= 15 is 0 Å². The van der Waals surface area contributed by atoms with Gasteiger partial charge in [0, 0.05) is 30.4 Å². The number of fused-ring (bicyclic) bond motifs is 1. The van der Waals surface area contributed by atoms with Crippen molar-refractivity contribution in [3.05, 3.63) is 95.1 Å². The molecule has 5 heteroatoms. The fourth-order valence-corrected chi connectivity index (χ4v) is 3.76. The Hall–Kier alpha value is -4.17. The largest absolute Gasteiger partial charge is 0.374 e. The maximum atomic E-state index is 13.5. The second kappa shape index (κ2) is 8.91. The molecule has 0 bridgehead atoms. The van der Waals surface area contributed by atoms with Crippen molar-refractivity contribution < 1.29 is 9.59 Å². The lowest BCUT2D eigenvalue weighted by molar-refractivity contribution is -0.112. The van der Waals surface area contributed by atoms with Gasteiger partial charge >= 0.3 is 0 Å². The van der Waals surface area contributed by atoms with E-state index < -0.39 is 0 Å². The van der Waals surface area contributed by atoms with Crippen molar-refractivity contribution in [2.24, 2.45) is 0 Å². The number of carbonyl (C=O) groups is 2. The Kier molecular flexibility index (Phi) is 5.87. The normalized spacial score (nSPS) is 14.3. The smallest absolute Gasteiger partial charge is 0.265 e. The van der Waals surface area contributed by atoms with Gasteiger partial charge in [-0.25, -0.2) is 4.90 Å². The highest BCUT2D eigenvalue weighted by Gasteiger charge is 2.35. The third-order valence-corrected chi connectivity index (χ3v) is 5.58. The van der Waals surface area contributed by atoms with Crippen LogP contribution < -0.4 is 9.80 Å². The van der Waals surface area contributed by atoms with Crippen LogP contribution >= 0.6 is 0 Å². The molecule has 1 aliphatic rings. The molecule has 0 fully saturated rings. The van der Waals surface area contributed by atoms with Crippen molar-refractivity contribution in [2.75, 3.05) is 23.4 Å². The molecule has 1 aliphatic heterocycles. The monoisotopic (exact) mass is 421 g/mol. The molecule has 0 aromatic heterocycles. The average molecular weight is 422 g/mol. The van der Waals surface area contributed by atoms with Gasteiger partial charge in [-0.1, -0.05) is 48.0 Å². The summed E-state index contributed by atoms with van der Waals surface area (Å²) in [6.07, 6.45) is 2.28. The average Bonchev–Trinajstić information content (AvgIpc) is 2.82. The Morgan fingerprint density at radius 2 is 1.56 bits per heavy atom. The molecular formula is C27H23N3O2. The Morgan fingerprint density at radius 1 is 0.906 bits per heavy atom. The van der Waals surface area contributed by atoms with Gasteiger partial charge in [0.15, 0.2) is 0 Å². The first kappa shape index (κ1) is 21.1. The van der Waals surface area contributed by atoms with Crippen LogP contribution in [-0.2, 0) is 4.79 Å². The van der Waals surface area contributed by atoms with Crippen LogP contribution in [0.3, 0.4) is 0 Å². The molecule has 5 nitrogen and oxygen atoms in total. The molecule has 0 N–H and O–H groups in total. The standard InChI is InChI=1S/C27H23N3O2/c1-19-8-12-22(13-9-19)30-26(31)24-7-4-3-6-23(24)25(27(30)32)18-20-10-14-21(15-11-20)29(2)17-5-16-28/h3-4,6-15,18H,5,17H2,1-2H3/b25-18+. The summed E-state index contributed by atoms with van der Waals surface area (Å²) in [5.74, 6) is -0.658. The molecule has 0 unspecified atom stereocenters. The lowest BCUT2D eigenvalue weighted by atomic mass is 9.91. The fourth-order valence-electron chi connectivity index (χ4n) is 3.76. The number of nitrogens with zero attached hydrogens (tertiary/aromatic N) is 3. The summed E-state index contributed by atoms with van der Waals surface area (Å²) in [6, 6.07) is 24.5. The molecular weight excluding hydrogens is 398 g/mol. The minimum atomic E-state index is -0.340. The zero-order valence-electron chi connectivity index (χ0n) is 18.1. The maximum Gasteiger partial charge on any atom is 0.265 e. The van der Waals surface area contributed by atoms with Crippen molar-refractivity contribution in [3.8, 4) is 6.07 Å². The van der Waals surface area contributed by atoms with E-state index in [0.29, 0.717) is 35.4 Å². The number of benzene rings is 3. The highest BCUT2D eigenvalue weighted by atomic mass is 16.2. The van der Waals surface area contributed by atoms with Gasteiger partial charge in [-0.05, 0) is 54.5 Å². The summed E-state index contributed by atoms with van der Waals surface area (Å²) in [5.41, 5.74) is 5.09. The molecule has 1 heterocycles. The fraction of sp³-hybridized carbons (Fsp3) is 0.148. The van der Waals surface area contributed by atoms with Crippen molar-refractivity contribution in [1.82, 2.24) is 0 Å². The first-order valence-corrected chi connectivity index (χ1v) is 10.4. The van der Waals surface area contributed by atoms with Gasteiger partial charge in [0.1, 0.15) is 0 Å². The quantitative estimate of drug-likeness (QED) is 0.426. The predicted molar refractivity (Wildman–Crippen MR) is 127 cm³/mol. The van der Waals surface area contributed by atoms with Gasteiger partial charge in [-0.2, -0.15) is 5.26 Å².